The molecule has 2 atom stereocenters. The first-order chi connectivity index (χ1) is 13.1. The van der Waals surface area contributed by atoms with Gasteiger partial charge in [-0.2, -0.15) is 5.10 Å². The number of hydrogen-bond donors (Lipinski definition) is 1. The van der Waals surface area contributed by atoms with Gasteiger partial charge in [-0.05, 0) is 38.2 Å². The summed E-state index contributed by atoms with van der Waals surface area (Å²) in [4.78, 5) is 27.9. The van der Waals surface area contributed by atoms with Gasteiger partial charge in [0.05, 0.1) is 19.2 Å². The van der Waals surface area contributed by atoms with E-state index in [2.05, 4.69) is 5.10 Å². The van der Waals surface area contributed by atoms with Crippen molar-refractivity contribution in [3.63, 3.8) is 0 Å². The Morgan fingerprint density at radius 3 is 2.74 bits per heavy atom. The lowest BCUT2D eigenvalue weighted by molar-refractivity contribution is -0.137. The maximum atomic E-state index is 13.1. The van der Waals surface area contributed by atoms with E-state index >= 15 is 0 Å². The van der Waals surface area contributed by atoms with Crippen molar-refractivity contribution in [1.29, 1.82) is 0 Å². The fraction of sp³-hybridized carbons (Fsp3) is 0.550. The lowest BCUT2D eigenvalue weighted by Crippen LogP contribution is -2.45. The molecule has 7 nitrogen and oxygen atoms in total. The number of aryl methyl sites for hydroxylation is 2. The molecule has 1 fully saturated rings. The zero-order chi connectivity index (χ0) is 19.0. The predicted octanol–water partition coefficient (Wildman–Crippen LogP) is 1.26. The summed E-state index contributed by atoms with van der Waals surface area (Å²) in [6, 6.07) is 7.41. The van der Waals surface area contributed by atoms with Gasteiger partial charge in [-0.25, -0.2) is 9.48 Å². The number of fused-ring (bicyclic) bond motifs is 1. The lowest BCUT2D eigenvalue weighted by atomic mass is 10.0. The Balaban J connectivity index is 1.62. The van der Waals surface area contributed by atoms with Gasteiger partial charge in [0.1, 0.15) is 11.9 Å². The molecule has 0 saturated carbocycles. The van der Waals surface area contributed by atoms with E-state index in [1.54, 1.807) is 9.47 Å². The minimum atomic E-state index is -0.500. The summed E-state index contributed by atoms with van der Waals surface area (Å²) >= 11 is 0. The fourth-order valence-corrected chi connectivity index (χ4v) is 4.24. The van der Waals surface area contributed by atoms with Crippen molar-refractivity contribution in [1.82, 2.24) is 19.2 Å². The molecule has 0 aliphatic carbocycles. The number of amides is 1. The molecule has 2 aromatic rings. The number of aliphatic hydroxyl groups excluding tert-OH is 1. The van der Waals surface area contributed by atoms with Crippen LogP contribution in [-0.4, -0.2) is 49.5 Å². The molecule has 7 heteroatoms. The number of aromatic nitrogens is 3. The molecule has 0 spiro atoms. The van der Waals surface area contributed by atoms with Crippen LogP contribution in [0, 0.1) is 6.92 Å². The number of nitrogens with zero attached hydrogens (tertiary/aromatic N) is 4. The van der Waals surface area contributed by atoms with E-state index in [9.17, 15) is 14.7 Å². The van der Waals surface area contributed by atoms with E-state index in [-0.39, 0.29) is 24.2 Å². The summed E-state index contributed by atoms with van der Waals surface area (Å²) in [5.74, 6) is 0.640. The molecule has 2 aliphatic heterocycles. The SMILES string of the molecule is Cc1ccc(Cn2nc3n(c2=O)C(C(=O)N2CCCC2CO)CCC3)cc1. The van der Waals surface area contributed by atoms with Crippen molar-refractivity contribution in [2.45, 2.75) is 57.7 Å². The van der Waals surface area contributed by atoms with Crippen LogP contribution in [-0.2, 0) is 17.8 Å². The van der Waals surface area contributed by atoms with Gasteiger partial charge in [-0.15, -0.1) is 0 Å². The van der Waals surface area contributed by atoms with Crippen molar-refractivity contribution in [3.05, 3.63) is 51.7 Å². The van der Waals surface area contributed by atoms with E-state index < -0.39 is 6.04 Å². The summed E-state index contributed by atoms with van der Waals surface area (Å²) in [6.45, 7) is 3.07. The standard InChI is InChI=1S/C20H26N4O3/c1-14-7-9-15(10-8-14)12-23-20(27)24-17(5-2-6-18(24)21-23)19(26)22-11-3-4-16(22)13-25/h7-10,16-17,25H,2-6,11-13H2,1H3. The van der Waals surface area contributed by atoms with E-state index in [4.69, 9.17) is 0 Å². The largest absolute Gasteiger partial charge is 0.394 e. The molecule has 0 bridgehead atoms. The zero-order valence-electron chi connectivity index (χ0n) is 15.7. The summed E-state index contributed by atoms with van der Waals surface area (Å²) < 4.78 is 3.06. The average molecular weight is 370 g/mol. The van der Waals surface area contributed by atoms with Gasteiger partial charge < -0.3 is 10.0 Å². The van der Waals surface area contributed by atoms with Gasteiger partial charge in [0.15, 0.2) is 0 Å². The number of aliphatic hydroxyl groups is 1. The van der Waals surface area contributed by atoms with E-state index in [1.165, 1.54) is 10.2 Å². The highest BCUT2D eigenvalue weighted by molar-refractivity contribution is 5.81. The van der Waals surface area contributed by atoms with Crippen molar-refractivity contribution < 1.29 is 9.90 Å². The number of carbonyl (C=O) groups excluding carboxylic acids is 1. The molecule has 1 amide bonds. The predicted molar refractivity (Wildman–Crippen MR) is 101 cm³/mol. The highest BCUT2D eigenvalue weighted by Gasteiger charge is 2.37. The van der Waals surface area contributed by atoms with Crippen LogP contribution >= 0.6 is 0 Å². The third-order valence-corrected chi connectivity index (χ3v) is 5.74. The summed E-state index contributed by atoms with van der Waals surface area (Å²) in [7, 11) is 0. The molecular weight excluding hydrogens is 344 g/mol. The molecule has 3 heterocycles. The van der Waals surface area contributed by atoms with Gasteiger partial charge in [-0.1, -0.05) is 29.8 Å². The third-order valence-electron chi connectivity index (χ3n) is 5.74. The van der Waals surface area contributed by atoms with E-state index in [0.29, 0.717) is 31.8 Å². The molecule has 1 aromatic heterocycles. The highest BCUT2D eigenvalue weighted by Crippen LogP contribution is 2.27. The second-order valence-corrected chi connectivity index (χ2v) is 7.63. The quantitative estimate of drug-likeness (QED) is 0.879. The molecule has 1 aromatic carbocycles. The Bertz CT molecular complexity index is 884. The minimum absolute atomic E-state index is 0.0209. The molecule has 4 rings (SSSR count). The molecule has 1 N–H and O–H groups in total. The smallest absolute Gasteiger partial charge is 0.346 e. The Morgan fingerprint density at radius 1 is 1.22 bits per heavy atom. The number of benzene rings is 1. The molecule has 2 aliphatic rings. The van der Waals surface area contributed by atoms with Gasteiger partial charge >= 0.3 is 5.69 Å². The van der Waals surface area contributed by atoms with Gasteiger partial charge in [0.2, 0.25) is 5.91 Å². The van der Waals surface area contributed by atoms with Crippen LogP contribution in [0.25, 0.3) is 0 Å². The van der Waals surface area contributed by atoms with Crippen molar-refractivity contribution >= 4 is 5.91 Å². The second kappa shape index (κ2) is 7.31. The highest BCUT2D eigenvalue weighted by atomic mass is 16.3. The fourth-order valence-electron chi connectivity index (χ4n) is 4.24. The van der Waals surface area contributed by atoms with Gasteiger partial charge in [-0.3, -0.25) is 9.36 Å². The third kappa shape index (κ3) is 3.32. The minimum Gasteiger partial charge on any atom is -0.394 e. The van der Waals surface area contributed by atoms with Crippen LogP contribution in [0.1, 0.15) is 48.7 Å². The average Bonchev–Trinajstić information content (AvgIpc) is 3.28. The van der Waals surface area contributed by atoms with Crippen LogP contribution in [0.4, 0.5) is 0 Å². The summed E-state index contributed by atoms with van der Waals surface area (Å²) in [6.07, 6.45) is 3.93. The number of carbonyl (C=O) groups is 1. The first-order valence-electron chi connectivity index (χ1n) is 9.73. The maximum absolute atomic E-state index is 13.1. The lowest BCUT2D eigenvalue weighted by Gasteiger charge is -2.30. The summed E-state index contributed by atoms with van der Waals surface area (Å²) in [5.41, 5.74) is 1.97. The van der Waals surface area contributed by atoms with Gasteiger partial charge in [0, 0.05) is 13.0 Å². The molecule has 144 valence electrons. The van der Waals surface area contributed by atoms with Gasteiger partial charge in [0.25, 0.3) is 0 Å². The Labute approximate surface area is 158 Å². The molecule has 1 saturated heterocycles. The monoisotopic (exact) mass is 370 g/mol. The Morgan fingerprint density at radius 2 is 2.00 bits per heavy atom. The number of hydrogen-bond acceptors (Lipinski definition) is 4. The molecule has 0 radical (unpaired) electrons. The van der Waals surface area contributed by atoms with Crippen molar-refractivity contribution in [2.75, 3.05) is 13.2 Å². The van der Waals surface area contributed by atoms with Crippen LogP contribution in [0.5, 0.6) is 0 Å². The van der Waals surface area contributed by atoms with Crippen LogP contribution in [0.15, 0.2) is 29.1 Å². The molecule has 27 heavy (non-hydrogen) atoms. The Kier molecular flexibility index (Phi) is 4.86. The maximum Gasteiger partial charge on any atom is 0.346 e. The first-order valence-corrected chi connectivity index (χ1v) is 9.73. The number of likely N-dealkylation sites (tertiary alicyclic amines) is 1. The van der Waals surface area contributed by atoms with Crippen molar-refractivity contribution in [2.24, 2.45) is 0 Å². The van der Waals surface area contributed by atoms with E-state index in [0.717, 1.165) is 24.8 Å². The Hall–Kier alpha value is -2.41. The first kappa shape index (κ1) is 18.0. The molecule has 2 unspecified atom stereocenters. The van der Waals surface area contributed by atoms with Crippen LogP contribution < -0.4 is 5.69 Å². The second-order valence-electron chi connectivity index (χ2n) is 7.63. The molecular formula is C20H26N4O3. The van der Waals surface area contributed by atoms with Crippen LogP contribution in [0.2, 0.25) is 0 Å². The van der Waals surface area contributed by atoms with Crippen LogP contribution in [0.3, 0.4) is 0 Å². The number of rotatable bonds is 4. The topological polar surface area (TPSA) is 80.4 Å². The van der Waals surface area contributed by atoms with E-state index in [1.807, 2.05) is 31.2 Å². The summed E-state index contributed by atoms with van der Waals surface area (Å²) in [5, 5.41) is 14.1. The normalized spacial score (nSPS) is 22.1. The van der Waals surface area contributed by atoms with Crippen molar-refractivity contribution in [3.8, 4) is 0 Å². The zero-order valence-corrected chi connectivity index (χ0v) is 15.7.